The van der Waals surface area contributed by atoms with E-state index in [4.69, 9.17) is 15.0 Å². The molecule has 0 amide bonds. The third-order valence-corrected chi connectivity index (χ3v) is 9.09. The summed E-state index contributed by atoms with van der Waals surface area (Å²) in [4.78, 5) is 15.0. The molecule has 0 radical (unpaired) electrons. The van der Waals surface area contributed by atoms with E-state index < -0.39 is 0 Å². The van der Waals surface area contributed by atoms with Crippen molar-refractivity contribution in [2.24, 2.45) is 0 Å². The van der Waals surface area contributed by atoms with Gasteiger partial charge >= 0.3 is 0 Å². The van der Waals surface area contributed by atoms with Crippen molar-refractivity contribution in [1.29, 1.82) is 0 Å². The van der Waals surface area contributed by atoms with Crippen LogP contribution < -0.4 is 0 Å². The summed E-state index contributed by atoms with van der Waals surface area (Å²) < 4.78 is 0. The van der Waals surface area contributed by atoms with E-state index in [0.29, 0.717) is 17.5 Å². The Labute approximate surface area is 278 Å². The molecule has 3 heteroatoms. The van der Waals surface area contributed by atoms with Crippen molar-refractivity contribution in [1.82, 2.24) is 15.0 Å². The van der Waals surface area contributed by atoms with Crippen LogP contribution in [-0.2, 0) is 0 Å². The smallest absolute Gasteiger partial charge is 0.164 e. The Morgan fingerprint density at radius 1 is 0.250 bits per heavy atom. The third kappa shape index (κ3) is 4.99. The minimum atomic E-state index is 0.647. The van der Waals surface area contributed by atoms with Crippen LogP contribution in [0.2, 0.25) is 0 Å². The zero-order chi connectivity index (χ0) is 31.9. The average molecular weight is 612 g/mol. The van der Waals surface area contributed by atoms with Crippen molar-refractivity contribution >= 4 is 32.3 Å². The maximum atomic E-state index is 5.03. The van der Waals surface area contributed by atoms with E-state index in [0.717, 1.165) is 33.2 Å². The fourth-order valence-corrected chi connectivity index (χ4v) is 6.74. The van der Waals surface area contributed by atoms with Crippen LogP contribution >= 0.6 is 0 Å². The van der Waals surface area contributed by atoms with Gasteiger partial charge in [-0.15, -0.1) is 0 Å². The fourth-order valence-electron chi connectivity index (χ4n) is 6.74. The quantitative estimate of drug-likeness (QED) is 0.182. The molecule has 1 aromatic heterocycles. The van der Waals surface area contributed by atoms with Crippen molar-refractivity contribution < 1.29 is 0 Å². The summed E-state index contributed by atoms with van der Waals surface area (Å²) in [6, 6.07) is 61.8. The van der Waals surface area contributed by atoms with Gasteiger partial charge in [0.2, 0.25) is 0 Å². The molecule has 0 bridgehead atoms. The molecule has 0 fully saturated rings. The number of benzene rings is 8. The monoisotopic (exact) mass is 611 g/mol. The Morgan fingerprint density at radius 3 is 1.25 bits per heavy atom. The molecule has 0 spiro atoms. The summed E-state index contributed by atoms with van der Waals surface area (Å²) in [6.45, 7) is 0. The highest BCUT2D eigenvalue weighted by molar-refractivity contribution is 6.13. The molecular weight excluding hydrogens is 583 g/mol. The highest BCUT2D eigenvalue weighted by atomic mass is 15.0. The van der Waals surface area contributed by atoms with Gasteiger partial charge in [-0.1, -0.05) is 158 Å². The molecule has 3 nitrogen and oxygen atoms in total. The van der Waals surface area contributed by atoms with Gasteiger partial charge in [-0.05, 0) is 72.8 Å². The molecule has 0 atom stereocenters. The molecule has 0 aliphatic carbocycles. The summed E-state index contributed by atoms with van der Waals surface area (Å²) in [5, 5.41) is 7.38. The Morgan fingerprint density at radius 2 is 0.667 bits per heavy atom. The highest BCUT2D eigenvalue weighted by Crippen LogP contribution is 2.38. The van der Waals surface area contributed by atoms with E-state index in [2.05, 4.69) is 115 Å². The van der Waals surface area contributed by atoms with E-state index in [1.165, 1.54) is 38.1 Å². The van der Waals surface area contributed by atoms with Crippen LogP contribution in [0.25, 0.3) is 88.7 Å². The van der Waals surface area contributed by atoms with Crippen LogP contribution in [0.1, 0.15) is 0 Å². The molecular formula is C45H29N3. The second kappa shape index (κ2) is 11.7. The maximum absolute atomic E-state index is 5.03. The first-order valence-corrected chi connectivity index (χ1v) is 16.2. The Balaban J connectivity index is 1.19. The summed E-state index contributed by atoms with van der Waals surface area (Å²) in [7, 11) is 0. The molecule has 0 saturated heterocycles. The second-order valence-corrected chi connectivity index (χ2v) is 12.1. The predicted octanol–water partition coefficient (Wildman–Crippen LogP) is 11.7. The van der Waals surface area contributed by atoms with Gasteiger partial charge in [0.05, 0.1) is 0 Å². The summed E-state index contributed by atoms with van der Waals surface area (Å²) in [5.74, 6) is 1.95. The average Bonchev–Trinajstić information content (AvgIpc) is 3.18. The molecule has 8 aromatic carbocycles. The highest BCUT2D eigenvalue weighted by Gasteiger charge is 2.15. The molecule has 9 rings (SSSR count). The van der Waals surface area contributed by atoms with Gasteiger partial charge in [0.15, 0.2) is 17.5 Å². The summed E-state index contributed by atoms with van der Waals surface area (Å²) >= 11 is 0. The first-order valence-electron chi connectivity index (χ1n) is 16.2. The van der Waals surface area contributed by atoms with Crippen LogP contribution in [0, 0.1) is 0 Å². The van der Waals surface area contributed by atoms with Gasteiger partial charge in [0, 0.05) is 16.7 Å². The van der Waals surface area contributed by atoms with Crippen LogP contribution in [0.5, 0.6) is 0 Å². The number of hydrogen-bond acceptors (Lipinski definition) is 3. The number of nitrogens with zero attached hydrogens (tertiary/aromatic N) is 3. The van der Waals surface area contributed by atoms with E-state index in [9.17, 15) is 0 Å². The predicted molar refractivity (Wildman–Crippen MR) is 200 cm³/mol. The Bertz CT molecular complexity index is 2540. The second-order valence-electron chi connectivity index (χ2n) is 12.1. The Hall–Kier alpha value is -6.45. The summed E-state index contributed by atoms with van der Waals surface area (Å²) in [5.41, 5.74) is 7.57. The zero-order valence-corrected chi connectivity index (χ0v) is 26.1. The van der Waals surface area contributed by atoms with E-state index in [-0.39, 0.29) is 0 Å². The molecule has 0 aliphatic rings. The lowest BCUT2D eigenvalue weighted by atomic mass is 9.91. The van der Waals surface area contributed by atoms with Crippen LogP contribution in [0.3, 0.4) is 0 Å². The molecule has 0 saturated carbocycles. The lowest BCUT2D eigenvalue weighted by Gasteiger charge is -2.14. The van der Waals surface area contributed by atoms with Crippen molar-refractivity contribution in [2.45, 2.75) is 0 Å². The minimum Gasteiger partial charge on any atom is -0.208 e. The summed E-state index contributed by atoms with van der Waals surface area (Å²) in [6.07, 6.45) is 0. The largest absolute Gasteiger partial charge is 0.208 e. The normalized spacial score (nSPS) is 11.3. The van der Waals surface area contributed by atoms with E-state index in [1.807, 2.05) is 60.7 Å². The van der Waals surface area contributed by atoms with E-state index >= 15 is 0 Å². The number of fused-ring (bicyclic) bond motifs is 4. The topological polar surface area (TPSA) is 38.7 Å². The van der Waals surface area contributed by atoms with Crippen LogP contribution in [-0.4, -0.2) is 15.0 Å². The number of aromatic nitrogens is 3. The Kier molecular flexibility index (Phi) is 6.80. The number of hydrogen-bond donors (Lipinski definition) is 0. The fraction of sp³-hybridized carbons (Fsp3) is 0. The molecule has 1 heterocycles. The van der Waals surface area contributed by atoms with Crippen LogP contribution in [0.15, 0.2) is 176 Å². The number of rotatable bonds is 5. The van der Waals surface area contributed by atoms with Gasteiger partial charge in [0.25, 0.3) is 0 Å². The molecule has 9 aromatic rings. The minimum absolute atomic E-state index is 0.647. The molecule has 0 aliphatic heterocycles. The lowest BCUT2D eigenvalue weighted by molar-refractivity contribution is 1.07. The van der Waals surface area contributed by atoms with Gasteiger partial charge in [-0.25, -0.2) is 15.0 Å². The molecule has 48 heavy (non-hydrogen) atoms. The van der Waals surface area contributed by atoms with Gasteiger partial charge in [-0.2, -0.15) is 0 Å². The SMILES string of the molecule is c1ccc(-c2nc(-c3ccccc3)nc(-c3cc(-c4ccc(-c5cc6ccccc6c6ccccc56)cc4)c4ccccc4c3)n2)cc1. The lowest BCUT2D eigenvalue weighted by Crippen LogP contribution is -2.00. The van der Waals surface area contributed by atoms with Gasteiger partial charge in [0.1, 0.15) is 0 Å². The molecule has 224 valence electrons. The molecule has 0 N–H and O–H groups in total. The van der Waals surface area contributed by atoms with Gasteiger partial charge in [-0.3, -0.25) is 0 Å². The van der Waals surface area contributed by atoms with Crippen LogP contribution in [0.4, 0.5) is 0 Å². The first-order chi connectivity index (χ1) is 23.8. The van der Waals surface area contributed by atoms with Gasteiger partial charge < -0.3 is 0 Å². The van der Waals surface area contributed by atoms with Crippen molar-refractivity contribution in [3.8, 4) is 56.4 Å². The first kappa shape index (κ1) is 27.8. The van der Waals surface area contributed by atoms with Crippen molar-refractivity contribution in [3.63, 3.8) is 0 Å². The standard InChI is InChI=1S/C45H29N3/c1-3-13-32(14-4-1)43-46-44(33-15-5-2-6-16-33)48-45(47-43)36-27-34-17-7-10-20-38(34)41(29-36)30-23-25-31(26-24-30)42-28-35-18-8-9-19-37(35)39-21-11-12-22-40(39)42/h1-29H. The zero-order valence-electron chi connectivity index (χ0n) is 26.1. The van der Waals surface area contributed by atoms with Crippen molar-refractivity contribution in [3.05, 3.63) is 176 Å². The van der Waals surface area contributed by atoms with Crippen molar-refractivity contribution in [2.75, 3.05) is 0 Å². The third-order valence-electron chi connectivity index (χ3n) is 9.09. The van der Waals surface area contributed by atoms with E-state index in [1.54, 1.807) is 0 Å². The molecule has 0 unspecified atom stereocenters. The maximum Gasteiger partial charge on any atom is 0.164 e.